The Hall–Kier alpha value is -0.160. The van der Waals surface area contributed by atoms with E-state index in [9.17, 15) is 10.2 Å². The van der Waals surface area contributed by atoms with E-state index in [1.165, 1.54) is 0 Å². The van der Waals surface area contributed by atoms with Crippen LogP contribution in [0.5, 0.6) is 0 Å². The van der Waals surface area contributed by atoms with Crippen LogP contribution in [0.4, 0.5) is 0 Å². The fraction of sp³-hybridized carbons (Fsp3) is 1.00. The van der Waals surface area contributed by atoms with Gasteiger partial charge in [0.15, 0.2) is 0 Å². The molecule has 0 aliphatic rings. The molecular formula is C12H26O4. The van der Waals surface area contributed by atoms with E-state index in [1.807, 2.05) is 0 Å². The van der Waals surface area contributed by atoms with Crippen LogP contribution in [0.25, 0.3) is 0 Å². The molecule has 16 heavy (non-hydrogen) atoms. The molecule has 4 heteroatoms. The lowest BCUT2D eigenvalue weighted by atomic mass is 10.2. The van der Waals surface area contributed by atoms with Crippen LogP contribution in [0.15, 0.2) is 0 Å². The van der Waals surface area contributed by atoms with Crippen molar-refractivity contribution in [3.63, 3.8) is 0 Å². The second kappa shape index (κ2) is 11.3. The zero-order valence-corrected chi connectivity index (χ0v) is 10.5. The van der Waals surface area contributed by atoms with Crippen LogP contribution in [0.2, 0.25) is 0 Å². The standard InChI is InChI=1S/C12H26O4/c1-3-5-7-15-9-11(13)12(14)10-16-8-6-4-2/h11-14H,3-10H2,1-2H3. The Kier molecular flexibility index (Phi) is 11.2. The molecule has 2 unspecified atom stereocenters. The Morgan fingerprint density at radius 2 is 1.19 bits per heavy atom. The minimum atomic E-state index is -0.849. The number of rotatable bonds is 11. The second-order valence-corrected chi connectivity index (χ2v) is 3.99. The molecule has 0 rings (SSSR count). The summed E-state index contributed by atoms with van der Waals surface area (Å²) in [4.78, 5) is 0. The summed E-state index contributed by atoms with van der Waals surface area (Å²) in [6, 6.07) is 0. The van der Waals surface area contributed by atoms with E-state index in [-0.39, 0.29) is 13.2 Å². The predicted molar refractivity (Wildman–Crippen MR) is 63.5 cm³/mol. The summed E-state index contributed by atoms with van der Waals surface area (Å²) in [6.45, 7) is 5.79. The minimum absolute atomic E-state index is 0.179. The zero-order valence-electron chi connectivity index (χ0n) is 10.5. The predicted octanol–water partition coefficient (Wildman–Crippen LogP) is 1.34. The number of aliphatic hydroxyl groups is 2. The van der Waals surface area contributed by atoms with E-state index in [0.717, 1.165) is 25.7 Å². The lowest BCUT2D eigenvalue weighted by Gasteiger charge is -2.17. The number of hydrogen-bond donors (Lipinski definition) is 2. The van der Waals surface area contributed by atoms with Gasteiger partial charge in [-0.15, -0.1) is 0 Å². The van der Waals surface area contributed by atoms with Gasteiger partial charge >= 0.3 is 0 Å². The Labute approximate surface area is 98.6 Å². The Balaban J connectivity index is 3.38. The number of unbranched alkanes of at least 4 members (excludes halogenated alkanes) is 2. The van der Waals surface area contributed by atoms with E-state index in [4.69, 9.17) is 9.47 Å². The van der Waals surface area contributed by atoms with Crippen molar-refractivity contribution in [2.45, 2.75) is 51.7 Å². The largest absolute Gasteiger partial charge is 0.388 e. The molecule has 2 atom stereocenters. The quantitative estimate of drug-likeness (QED) is 0.530. The average molecular weight is 234 g/mol. The van der Waals surface area contributed by atoms with Gasteiger partial charge in [-0.05, 0) is 12.8 Å². The van der Waals surface area contributed by atoms with Crippen LogP contribution in [-0.2, 0) is 9.47 Å². The summed E-state index contributed by atoms with van der Waals surface area (Å²) in [5.74, 6) is 0. The van der Waals surface area contributed by atoms with Gasteiger partial charge < -0.3 is 19.7 Å². The normalized spacial score (nSPS) is 15.0. The van der Waals surface area contributed by atoms with Crippen LogP contribution in [-0.4, -0.2) is 48.8 Å². The van der Waals surface area contributed by atoms with Crippen molar-refractivity contribution in [2.75, 3.05) is 26.4 Å². The fourth-order valence-corrected chi connectivity index (χ4v) is 1.12. The van der Waals surface area contributed by atoms with Gasteiger partial charge in [0.05, 0.1) is 13.2 Å². The van der Waals surface area contributed by atoms with Gasteiger partial charge in [-0.3, -0.25) is 0 Å². The first kappa shape index (κ1) is 15.8. The molecule has 0 spiro atoms. The van der Waals surface area contributed by atoms with Crippen LogP contribution in [0.1, 0.15) is 39.5 Å². The van der Waals surface area contributed by atoms with Gasteiger partial charge in [-0.1, -0.05) is 26.7 Å². The summed E-state index contributed by atoms with van der Waals surface area (Å²) >= 11 is 0. The summed E-state index contributed by atoms with van der Waals surface area (Å²) in [6.07, 6.45) is 2.40. The Morgan fingerprint density at radius 3 is 1.50 bits per heavy atom. The van der Waals surface area contributed by atoms with Crippen molar-refractivity contribution in [2.24, 2.45) is 0 Å². The van der Waals surface area contributed by atoms with E-state index in [2.05, 4.69) is 13.8 Å². The Morgan fingerprint density at radius 1 is 0.812 bits per heavy atom. The summed E-state index contributed by atoms with van der Waals surface area (Å²) in [7, 11) is 0. The maximum atomic E-state index is 9.52. The molecule has 0 fully saturated rings. The van der Waals surface area contributed by atoms with Crippen molar-refractivity contribution >= 4 is 0 Å². The van der Waals surface area contributed by atoms with Gasteiger partial charge in [-0.25, -0.2) is 0 Å². The lowest BCUT2D eigenvalue weighted by molar-refractivity contribution is -0.0709. The maximum absolute atomic E-state index is 9.52. The maximum Gasteiger partial charge on any atom is 0.105 e. The minimum Gasteiger partial charge on any atom is -0.388 e. The summed E-state index contributed by atoms with van der Waals surface area (Å²) < 4.78 is 10.4. The monoisotopic (exact) mass is 234 g/mol. The molecule has 98 valence electrons. The molecule has 0 amide bonds. The molecule has 0 bridgehead atoms. The third kappa shape index (κ3) is 9.09. The highest BCUT2D eigenvalue weighted by molar-refractivity contribution is 4.65. The van der Waals surface area contributed by atoms with Gasteiger partial charge in [-0.2, -0.15) is 0 Å². The van der Waals surface area contributed by atoms with Crippen LogP contribution in [0.3, 0.4) is 0 Å². The summed E-state index contributed by atoms with van der Waals surface area (Å²) in [5, 5.41) is 19.0. The van der Waals surface area contributed by atoms with Crippen molar-refractivity contribution in [3.8, 4) is 0 Å². The van der Waals surface area contributed by atoms with Crippen LogP contribution >= 0.6 is 0 Å². The lowest BCUT2D eigenvalue weighted by Crippen LogP contribution is -2.34. The first-order chi connectivity index (χ1) is 7.72. The van der Waals surface area contributed by atoms with Gasteiger partial charge in [0.1, 0.15) is 12.2 Å². The molecule has 2 N–H and O–H groups in total. The third-order valence-corrected chi connectivity index (χ3v) is 2.31. The smallest absolute Gasteiger partial charge is 0.105 e. The Bertz CT molecular complexity index is 125. The molecule has 0 saturated heterocycles. The number of aliphatic hydroxyl groups excluding tert-OH is 2. The van der Waals surface area contributed by atoms with Crippen molar-refractivity contribution in [1.29, 1.82) is 0 Å². The molecule has 0 saturated carbocycles. The molecule has 0 aliphatic carbocycles. The number of ether oxygens (including phenoxy) is 2. The van der Waals surface area contributed by atoms with Gasteiger partial charge in [0.2, 0.25) is 0 Å². The van der Waals surface area contributed by atoms with Crippen molar-refractivity contribution in [1.82, 2.24) is 0 Å². The molecule has 4 nitrogen and oxygen atoms in total. The second-order valence-electron chi connectivity index (χ2n) is 3.99. The molecule has 0 aromatic heterocycles. The average Bonchev–Trinajstić information content (AvgIpc) is 2.29. The van der Waals surface area contributed by atoms with Crippen molar-refractivity contribution in [3.05, 3.63) is 0 Å². The molecule has 0 heterocycles. The molecular weight excluding hydrogens is 208 g/mol. The highest BCUT2D eigenvalue weighted by Crippen LogP contribution is 1.98. The topological polar surface area (TPSA) is 58.9 Å². The van der Waals surface area contributed by atoms with Crippen LogP contribution in [0, 0.1) is 0 Å². The molecule has 0 aliphatic heterocycles. The van der Waals surface area contributed by atoms with Gasteiger partial charge in [0.25, 0.3) is 0 Å². The van der Waals surface area contributed by atoms with E-state index < -0.39 is 12.2 Å². The fourth-order valence-electron chi connectivity index (χ4n) is 1.12. The molecule has 0 aromatic rings. The van der Waals surface area contributed by atoms with E-state index >= 15 is 0 Å². The SMILES string of the molecule is CCCCOCC(O)C(O)COCCCC. The molecule has 0 aromatic carbocycles. The van der Waals surface area contributed by atoms with Crippen LogP contribution < -0.4 is 0 Å². The van der Waals surface area contributed by atoms with E-state index in [1.54, 1.807) is 0 Å². The summed E-state index contributed by atoms with van der Waals surface area (Å²) in [5.41, 5.74) is 0. The first-order valence-corrected chi connectivity index (χ1v) is 6.24. The molecule has 0 radical (unpaired) electrons. The highest BCUT2D eigenvalue weighted by Gasteiger charge is 2.16. The third-order valence-electron chi connectivity index (χ3n) is 2.31. The van der Waals surface area contributed by atoms with E-state index in [0.29, 0.717) is 13.2 Å². The first-order valence-electron chi connectivity index (χ1n) is 6.24. The highest BCUT2D eigenvalue weighted by atomic mass is 16.5. The zero-order chi connectivity index (χ0) is 12.2. The number of hydrogen-bond acceptors (Lipinski definition) is 4. The van der Waals surface area contributed by atoms with Gasteiger partial charge in [0, 0.05) is 13.2 Å². The van der Waals surface area contributed by atoms with Crippen molar-refractivity contribution < 1.29 is 19.7 Å².